The van der Waals surface area contributed by atoms with Crippen LogP contribution in [0.4, 0.5) is 0 Å². The number of nitrogens with zero attached hydrogens (tertiary/aromatic N) is 3. The Hall–Kier alpha value is -3.19. The van der Waals surface area contributed by atoms with E-state index in [1.807, 2.05) is 23.1 Å². The average Bonchev–Trinajstić information content (AvgIpc) is 3.20. The Bertz CT molecular complexity index is 1020. The van der Waals surface area contributed by atoms with Crippen molar-refractivity contribution < 1.29 is 9.21 Å². The van der Waals surface area contributed by atoms with Crippen LogP contribution < -0.4 is 5.56 Å². The van der Waals surface area contributed by atoms with Gasteiger partial charge in [0.05, 0.1) is 23.7 Å². The fourth-order valence-electron chi connectivity index (χ4n) is 3.19. The predicted molar refractivity (Wildman–Crippen MR) is 102 cm³/mol. The minimum absolute atomic E-state index is 0.0247. The number of fused-ring (bicyclic) bond motifs is 1. The lowest BCUT2D eigenvalue weighted by Gasteiger charge is -2.33. The molecule has 1 amide bonds. The molecule has 0 radical (unpaired) electrons. The van der Waals surface area contributed by atoms with E-state index < -0.39 is 0 Å². The molecule has 7 heteroatoms. The first kappa shape index (κ1) is 17.2. The van der Waals surface area contributed by atoms with Crippen LogP contribution in [0.25, 0.3) is 17.0 Å². The first-order valence-electron chi connectivity index (χ1n) is 8.90. The molecule has 7 nitrogen and oxygen atoms in total. The number of hydrogen-bond donors (Lipinski definition) is 1. The van der Waals surface area contributed by atoms with Crippen LogP contribution in [0.1, 0.15) is 11.6 Å². The summed E-state index contributed by atoms with van der Waals surface area (Å²) in [6, 6.07) is 10.9. The van der Waals surface area contributed by atoms with Crippen LogP contribution in [-0.2, 0) is 11.3 Å². The Kier molecular flexibility index (Phi) is 4.84. The van der Waals surface area contributed by atoms with Crippen molar-refractivity contribution in [1.29, 1.82) is 0 Å². The van der Waals surface area contributed by atoms with Crippen molar-refractivity contribution in [1.82, 2.24) is 19.8 Å². The number of H-pyrrole nitrogens is 1. The molecule has 0 aliphatic carbocycles. The van der Waals surface area contributed by atoms with E-state index in [0.717, 1.165) is 13.1 Å². The van der Waals surface area contributed by atoms with Crippen LogP contribution in [0, 0.1) is 0 Å². The molecule has 0 saturated carbocycles. The number of furan rings is 1. The second-order valence-electron chi connectivity index (χ2n) is 6.48. The van der Waals surface area contributed by atoms with Crippen molar-refractivity contribution >= 4 is 22.9 Å². The van der Waals surface area contributed by atoms with E-state index in [-0.39, 0.29) is 11.5 Å². The lowest BCUT2D eigenvalue weighted by Crippen LogP contribution is -2.48. The van der Waals surface area contributed by atoms with Gasteiger partial charge >= 0.3 is 0 Å². The maximum Gasteiger partial charge on any atom is 0.258 e. The van der Waals surface area contributed by atoms with Gasteiger partial charge in [-0.2, -0.15) is 0 Å². The molecule has 0 atom stereocenters. The molecule has 0 unspecified atom stereocenters. The van der Waals surface area contributed by atoms with Crippen molar-refractivity contribution in [3.05, 3.63) is 70.7 Å². The molecule has 1 saturated heterocycles. The lowest BCUT2D eigenvalue weighted by molar-refractivity contribution is -0.127. The Morgan fingerprint density at radius 3 is 2.74 bits per heavy atom. The van der Waals surface area contributed by atoms with Crippen LogP contribution in [-0.4, -0.2) is 51.9 Å². The topological polar surface area (TPSA) is 82.4 Å². The molecule has 1 N–H and O–H groups in total. The third-order valence-electron chi connectivity index (χ3n) is 4.65. The third-order valence-corrected chi connectivity index (χ3v) is 4.65. The zero-order valence-electron chi connectivity index (χ0n) is 14.8. The summed E-state index contributed by atoms with van der Waals surface area (Å²) in [5.74, 6) is 1.28. The summed E-state index contributed by atoms with van der Waals surface area (Å²) in [5, 5.41) is 0.597. The average molecular weight is 364 g/mol. The summed E-state index contributed by atoms with van der Waals surface area (Å²) in [7, 11) is 0. The van der Waals surface area contributed by atoms with Crippen molar-refractivity contribution in [3.8, 4) is 0 Å². The molecule has 1 aromatic carbocycles. The quantitative estimate of drug-likeness (QED) is 0.715. The second kappa shape index (κ2) is 7.59. The summed E-state index contributed by atoms with van der Waals surface area (Å²) >= 11 is 0. The number of benzene rings is 1. The van der Waals surface area contributed by atoms with Gasteiger partial charge < -0.3 is 14.3 Å². The van der Waals surface area contributed by atoms with Gasteiger partial charge in [0.25, 0.3) is 5.56 Å². The number of piperazine rings is 1. The summed E-state index contributed by atoms with van der Waals surface area (Å²) in [6.45, 7) is 3.30. The van der Waals surface area contributed by atoms with E-state index in [9.17, 15) is 9.59 Å². The van der Waals surface area contributed by atoms with E-state index in [1.54, 1.807) is 30.5 Å². The minimum Gasteiger partial charge on any atom is -0.465 e. The predicted octanol–water partition coefficient (Wildman–Crippen LogP) is 1.87. The smallest absolute Gasteiger partial charge is 0.258 e. The van der Waals surface area contributed by atoms with E-state index in [4.69, 9.17) is 4.42 Å². The summed E-state index contributed by atoms with van der Waals surface area (Å²) in [6.07, 6.45) is 4.80. The highest BCUT2D eigenvalue weighted by Gasteiger charge is 2.20. The second-order valence-corrected chi connectivity index (χ2v) is 6.48. The summed E-state index contributed by atoms with van der Waals surface area (Å²) in [4.78, 5) is 35.8. The molecule has 1 fully saturated rings. The number of hydrogen-bond acceptors (Lipinski definition) is 5. The number of amides is 1. The zero-order chi connectivity index (χ0) is 18.6. The van der Waals surface area contributed by atoms with Crippen LogP contribution in [0.3, 0.4) is 0 Å². The molecule has 0 bridgehead atoms. The van der Waals surface area contributed by atoms with E-state index in [1.165, 1.54) is 6.08 Å². The van der Waals surface area contributed by atoms with Crippen LogP contribution in [0.5, 0.6) is 0 Å². The van der Waals surface area contributed by atoms with E-state index >= 15 is 0 Å². The number of aromatic nitrogens is 2. The van der Waals surface area contributed by atoms with Crippen molar-refractivity contribution in [2.45, 2.75) is 6.54 Å². The monoisotopic (exact) mass is 364 g/mol. The maximum absolute atomic E-state index is 12.3. The molecule has 4 rings (SSSR count). The SMILES string of the molecule is O=C(C=Cc1ccco1)N1CCN(Cc2nc3ccccc3c(=O)[nH]2)CC1. The van der Waals surface area contributed by atoms with Gasteiger partial charge in [0, 0.05) is 32.3 Å². The number of rotatable bonds is 4. The number of aromatic amines is 1. The Labute approximate surface area is 155 Å². The number of nitrogens with one attached hydrogen (secondary N) is 1. The van der Waals surface area contributed by atoms with Crippen molar-refractivity contribution in [2.24, 2.45) is 0 Å². The standard InChI is InChI=1S/C20H20N4O3/c25-19(8-7-15-4-3-13-27-15)24-11-9-23(10-12-24)14-18-21-17-6-2-1-5-16(17)20(26)22-18/h1-8,13H,9-12,14H2,(H,21,22,26). The Morgan fingerprint density at radius 1 is 1.15 bits per heavy atom. The molecule has 3 aromatic rings. The number of carbonyl (C=O) groups excluding carboxylic acids is 1. The van der Waals surface area contributed by atoms with Gasteiger partial charge in [-0.1, -0.05) is 12.1 Å². The largest absolute Gasteiger partial charge is 0.465 e. The fourth-order valence-corrected chi connectivity index (χ4v) is 3.19. The van der Waals surface area contributed by atoms with E-state index in [2.05, 4.69) is 14.9 Å². The molecule has 1 aliphatic rings. The lowest BCUT2D eigenvalue weighted by atomic mass is 10.2. The molecule has 3 heterocycles. The third kappa shape index (κ3) is 3.98. The van der Waals surface area contributed by atoms with Gasteiger partial charge in [-0.05, 0) is 30.3 Å². The fraction of sp³-hybridized carbons (Fsp3) is 0.250. The van der Waals surface area contributed by atoms with E-state index in [0.29, 0.717) is 42.1 Å². The van der Waals surface area contributed by atoms with Gasteiger partial charge in [0.1, 0.15) is 11.6 Å². The van der Waals surface area contributed by atoms with Gasteiger partial charge in [-0.25, -0.2) is 4.98 Å². The van der Waals surface area contributed by atoms with Crippen LogP contribution >= 0.6 is 0 Å². The molecular weight excluding hydrogens is 344 g/mol. The minimum atomic E-state index is -0.118. The highest BCUT2D eigenvalue weighted by molar-refractivity contribution is 5.91. The van der Waals surface area contributed by atoms with Crippen molar-refractivity contribution in [3.63, 3.8) is 0 Å². The molecule has 1 aliphatic heterocycles. The van der Waals surface area contributed by atoms with Gasteiger partial charge in [-0.15, -0.1) is 0 Å². The van der Waals surface area contributed by atoms with Gasteiger partial charge in [0.2, 0.25) is 5.91 Å². The first-order valence-corrected chi connectivity index (χ1v) is 8.90. The van der Waals surface area contributed by atoms with Gasteiger partial charge in [0.15, 0.2) is 0 Å². The normalized spacial score (nSPS) is 15.6. The number of carbonyl (C=O) groups is 1. The maximum atomic E-state index is 12.3. The van der Waals surface area contributed by atoms with Crippen LogP contribution in [0.15, 0.2) is 57.9 Å². The molecule has 27 heavy (non-hydrogen) atoms. The first-order chi connectivity index (χ1) is 13.2. The molecular formula is C20H20N4O3. The zero-order valence-corrected chi connectivity index (χ0v) is 14.8. The van der Waals surface area contributed by atoms with Crippen molar-refractivity contribution in [2.75, 3.05) is 26.2 Å². The van der Waals surface area contributed by atoms with Gasteiger partial charge in [-0.3, -0.25) is 14.5 Å². The highest BCUT2D eigenvalue weighted by Crippen LogP contribution is 2.10. The van der Waals surface area contributed by atoms with Crippen LogP contribution in [0.2, 0.25) is 0 Å². The Morgan fingerprint density at radius 2 is 1.96 bits per heavy atom. The summed E-state index contributed by atoms with van der Waals surface area (Å²) in [5.41, 5.74) is 0.584. The number of para-hydroxylation sites is 1. The Balaban J connectivity index is 1.35. The summed E-state index contributed by atoms with van der Waals surface area (Å²) < 4.78 is 5.19. The molecule has 138 valence electrons. The molecule has 2 aromatic heterocycles. The highest BCUT2D eigenvalue weighted by atomic mass is 16.3. The molecule has 0 spiro atoms.